The van der Waals surface area contributed by atoms with Gasteiger partial charge in [0.15, 0.2) is 11.8 Å². The summed E-state index contributed by atoms with van der Waals surface area (Å²) in [5.41, 5.74) is 2.91. The fraction of sp³-hybridized carbons (Fsp3) is 0.526. The highest BCUT2D eigenvalue weighted by Gasteiger charge is 2.34. The van der Waals surface area contributed by atoms with Gasteiger partial charge in [0.25, 0.3) is 0 Å². The van der Waals surface area contributed by atoms with Crippen LogP contribution in [0.2, 0.25) is 0 Å². The summed E-state index contributed by atoms with van der Waals surface area (Å²) in [5.74, 6) is 1.31. The second-order valence-electron chi connectivity index (χ2n) is 7.27. The predicted octanol–water partition coefficient (Wildman–Crippen LogP) is 2.80. The number of guanidine groups is 1. The summed E-state index contributed by atoms with van der Waals surface area (Å²) >= 11 is 0. The molecule has 1 atom stereocenters. The Labute approximate surface area is 191 Å². The zero-order valence-electron chi connectivity index (χ0n) is 17.2. The maximum atomic E-state index is 12.5. The van der Waals surface area contributed by atoms with Crippen LogP contribution in [-0.2, 0) is 6.54 Å². The molecule has 0 radical (unpaired) electrons. The number of nitrogens with zero attached hydrogens (tertiary/aromatic N) is 5. The number of pyridine rings is 1. The number of hydrogen-bond donors (Lipinski definition) is 2. The van der Waals surface area contributed by atoms with Gasteiger partial charge in [-0.15, -0.1) is 24.0 Å². The van der Waals surface area contributed by atoms with Gasteiger partial charge in [-0.3, -0.25) is 9.89 Å². The van der Waals surface area contributed by atoms with E-state index in [1.807, 2.05) is 32.0 Å². The summed E-state index contributed by atoms with van der Waals surface area (Å²) in [4.78, 5) is 10.0. The molecule has 30 heavy (non-hydrogen) atoms. The molecule has 1 saturated heterocycles. The third kappa shape index (κ3) is 6.83. The van der Waals surface area contributed by atoms with Crippen molar-refractivity contribution in [2.45, 2.75) is 39.0 Å². The van der Waals surface area contributed by atoms with Gasteiger partial charge >= 0.3 is 6.18 Å². The lowest BCUT2D eigenvalue weighted by atomic mass is 10.2. The van der Waals surface area contributed by atoms with E-state index in [4.69, 9.17) is 0 Å². The van der Waals surface area contributed by atoms with Crippen LogP contribution in [0.25, 0.3) is 5.82 Å². The first-order valence-electron chi connectivity index (χ1n) is 9.48. The molecule has 11 heteroatoms. The smallest absolute Gasteiger partial charge is 0.352 e. The molecule has 2 N–H and O–H groups in total. The SMILES string of the molecule is CN=C(NCc1ccc(-n2nc(C)cc2C)nc1)NC1CCN(CC(F)(F)F)C1.I. The van der Waals surface area contributed by atoms with Crippen LogP contribution in [0.5, 0.6) is 0 Å². The summed E-state index contributed by atoms with van der Waals surface area (Å²) < 4.78 is 39.4. The number of rotatable bonds is 5. The summed E-state index contributed by atoms with van der Waals surface area (Å²) in [6.45, 7) is 4.32. The van der Waals surface area contributed by atoms with Crippen molar-refractivity contribution < 1.29 is 13.2 Å². The minimum atomic E-state index is -4.17. The third-order valence-corrected chi connectivity index (χ3v) is 4.74. The Bertz CT molecular complexity index is 849. The number of hydrogen-bond acceptors (Lipinski definition) is 4. The third-order valence-electron chi connectivity index (χ3n) is 4.74. The van der Waals surface area contributed by atoms with Crippen LogP contribution in [0, 0.1) is 13.8 Å². The van der Waals surface area contributed by atoms with E-state index in [1.54, 1.807) is 17.9 Å². The average Bonchev–Trinajstić information content (AvgIpc) is 3.22. The first kappa shape index (κ1) is 24.4. The Balaban J connectivity index is 0.00000320. The van der Waals surface area contributed by atoms with Gasteiger partial charge in [-0.1, -0.05) is 6.07 Å². The van der Waals surface area contributed by atoms with Crippen molar-refractivity contribution in [3.63, 3.8) is 0 Å². The second-order valence-corrected chi connectivity index (χ2v) is 7.27. The highest BCUT2D eigenvalue weighted by atomic mass is 127. The lowest BCUT2D eigenvalue weighted by Crippen LogP contribution is -2.44. The zero-order chi connectivity index (χ0) is 21.0. The van der Waals surface area contributed by atoms with Gasteiger partial charge in [-0.25, -0.2) is 9.67 Å². The van der Waals surface area contributed by atoms with Gasteiger partial charge in [-0.2, -0.15) is 18.3 Å². The van der Waals surface area contributed by atoms with Gasteiger partial charge in [0, 0.05) is 44.6 Å². The van der Waals surface area contributed by atoms with Crippen LogP contribution in [-0.4, -0.2) is 64.5 Å². The fourth-order valence-corrected chi connectivity index (χ4v) is 3.43. The van der Waals surface area contributed by atoms with E-state index in [0.29, 0.717) is 32.0 Å². The van der Waals surface area contributed by atoms with E-state index in [9.17, 15) is 13.2 Å². The number of aliphatic imine (C=N–C) groups is 1. The Hall–Kier alpha value is -1.89. The van der Waals surface area contributed by atoms with Crippen molar-refractivity contribution >= 4 is 29.9 Å². The van der Waals surface area contributed by atoms with E-state index in [2.05, 4.69) is 25.7 Å². The van der Waals surface area contributed by atoms with E-state index >= 15 is 0 Å². The van der Waals surface area contributed by atoms with Crippen LogP contribution in [0.3, 0.4) is 0 Å². The lowest BCUT2D eigenvalue weighted by molar-refractivity contribution is -0.143. The number of aryl methyl sites for hydroxylation is 2. The number of aromatic nitrogens is 3. The largest absolute Gasteiger partial charge is 0.401 e. The molecule has 7 nitrogen and oxygen atoms in total. The molecular formula is C19H27F3IN7. The number of alkyl halides is 3. The number of likely N-dealkylation sites (tertiary alicyclic amines) is 1. The number of halogens is 4. The topological polar surface area (TPSA) is 70.4 Å². The van der Waals surface area contributed by atoms with E-state index < -0.39 is 12.7 Å². The van der Waals surface area contributed by atoms with Gasteiger partial charge in [-0.05, 0) is 38.0 Å². The molecular weight excluding hydrogens is 510 g/mol. The molecule has 1 aliphatic rings. The molecule has 0 aromatic carbocycles. The minimum absolute atomic E-state index is 0. The lowest BCUT2D eigenvalue weighted by Gasteiger charge is -2.19. The van der Waals surface area contributed by atoms with Crippen molar-refractivity contribution in [2.24, 2.45) is 4.99 Å². The Morgan fingerprint density at radius 1 is 1.30 bits per heavy atom. The molecule has 0 bridgehead atoms. The standard InChI is InChI=1S/C19H26F3N7.HI/c1-13-8-14(2)29(27-13)17-5-4-15(9-24-17)10-25-18(23-3)26-16-6-7-28(11-16)12-19(20,21)22;/h4-5,8-9,16H,6-7,10-12H2,1-3H3,(H2,23,25,26);1H. The molecule has 1 fully saturated rings. The first-order chi connectivity index (χ1) is 13.7. The fourth-order valence-electron chi connectivity index (χ4n) is 3.43. The van der Waals surface area contributed by atoms with Crippen LogP contribution in [0.1, 0.15) is 23.4 Å². The number of nitrogens with one attached hydrogen (secondary N) is 2. The molecule has 0 saturated carbocycles. The van der Waals surface area contributed by atoms with E-state index in [0.717, 1.165) is 22.8 Å². The molecule has 1 aliphatic heterocycles. The maximum Gasteiger partial charge on any atom is 0.401 e. The summed E-state index contributed by atoms with van der Waals surface area (Å²) in [7, 11) is 1.64. The van der Waals surface area contributed by atoms with Crippen LogP contribution < -0.4 is 10.6 Å². The molecule has 166 valence electrons. The Morgan fingerprint density at radius 3 is 2.63 bits per heavy atom. The molecule has 2 aromatic rings. The zero-order valence-corrected chi connectivity index (χ0v) is 19.5. The highest BCUT2D eigenvalue weighted by molar-refractivity contribution is 14.0. The molecule has 0 aliphatic carbocycles. The minimum Gasteiger partial charge on any atom is -0.352 e. The van der Waals surface area contributed by atoms with E-state index in [-0.39, 0.29) is 30.0 Å². The molecule has 3 rings (SSSR count). The molecule has 1 unspecified atom stereocenters. The van der Waals surface area contributed by atoms with Crippen molar-refractivity contribution in [2.75, 3.05) is 26.7 Å². The average molecular weight is 537 g/mol. The summed E-state index contributed by atoms with van der Waals surface area (Å²) in [6.07, 6.45) is -1.75. The van der Waals surface area contributed by atoms with Crippen LogP contribution in [0.4, 0.5) is 13.2 Å². The van der Waals surface area contributed by atoms with Gasteiger partial charge < -0.3 is 10.6 Å². The maximum absolute atomic E-state index is 12.5. The highest BCUT2D eigenvalue weighted by Crippen LogP contribution is 2.20. The molecule has 0 spiro atoms. The Kier molecular flexibility index (Phi) is 8.47. The van der Waals surface area contributed by atoms with Crippen molar-refractivity contribution in [3.05, 3.63) is 41.3 Å². The van der Waals surface area contributed by atoms with Gasteiger partial charge in [0.2, 0.25) is 0 Å². The summed E-state index contributed by atoms with van der Waals surface area (Å²) in [6, 6.07) is 5.79. The molecule has 0 amide bonds. The van der Waals surface area contributed by atoms with Crippen LogP contribution >= 0.6 is 24.0 Å². The van der Waals surface area contributed by atoms with Gasteiger partial charge in [0.05, 0.1) is 12.2 Å². The van der Waals surface area contributed by atoms with Crippen molar-refractivity contribution in [1.29, 1.82) is 0 Å². The quantitative estimate of drug-likeness (QED) is 0.349. The second kappa shape index (κ2) is 10.4. The monoisotopic (exact) mass is 537 g/mol. The summed E-state index contributed by atoms with van der Waals surface area (Å²) in [5, 5.41) is 10.8. The normalized spacial score (nSPS) is 17.7. The van der Waals surface area contributed by atoms with E-state index in [1.165, 1.54) is 4.90 Å². The van der Waals surface area contributed by atoms with Crippen molar-refractivity contribution in [3.8, 4) is 5.82 Å². The molecule has 3 heterocycles. The Morgan fingerprint density at radius 2 is 2.07 bits per heavy atom. The van der Waals surface area contributed by atoms with Crippen molar-refractivity contribution in [1.82, 2.24) is 30.3 Å². The predicted molar refractivity (Wildman–Crippen MR) is 120 cm³/mol. The van der Waals surface area contributed by atoms with Crippen LogP contribution in [0.15, 0.2) is 29.4 Å². The first-order valence-corrected chi connectivity index (χ1v) is 9.48. The van der Waals surface area contributed by atoms with Gasteiger partial charge in [0.1, 0.15) is 0 Å². The molecule has 2 aromatic heterocycles.